The minimum absolute atomic E-state index is 0.0894. The Morgan fingerprint density at radius 2 is 2.05 bits per heavy atom. The van der Waals surface area contributed by atoms with Crippen molar-refractivity contribution in [1.29, 1.82) is 0 Å². The third kappa shape index (κ3) is 2.39. The van der Waals surface area contributed by atoms with E-state index in [1.54, 1.807) is 13.8 Å². The lowest BCUT2D eigenvalue weighted by Crippen LogP contribution is -2.36. The Kier molecular flexibility index (Phi) is 4.32. The molecule has 8 heteroatoms. The Hall–Kier alpha value is -2.22. The van der Waals surface area contributed by atoms with Crippen molar-refractivity contribution in [3.8, 4) is 0 Å². The molecule has 1 unspecified atom stereocenters. The number of primary amides is 1. The molecule has 1 amide bonds. The van der Waals surface area contributed by atoms with Crippen molar-refractivity contribution in [3.05, 3.63) is 26.6 Å². The van der Waals surface area contributed by atoms with Crippen LogP contribution in [0.3, 0.4) is 0 Å². The van der Waals surface area contributed by atoms with Crippen LogP contribution >= 0.6 is 11.3 Å². The lowest BCUT2D eigenvalue weighted by Gasteiger charge is -2.18. The van der Waals surface area contributed by atoms with Gasteiger partial charge in [-0.2, -0.15) is 0 Å². The molecule has 3 N–H and O–H groups in total. The number of carboxylic acids is 1. The molecule has 118 valence electrons. The number of carbonyl (C=O) groups is 2. The first-order valence-electron chi connectivity index (χ1n) is 6.90. The first-order valence-corrected chi connectivity index (χ1v) is 7.72. The van der Waals surface area contributed by atoms with Crippen LogP contribution in [0.25, 0.3) is 10.2 Å². The van der Waals surface area contributed by atoms with Gasteiger partial charge >= 0.3 is 5.97 Å². The number of hydrogen-bond donors (Lipinski definition) is 2. The van der Waals surface area contributed by atoms with Crippen molar-refractivity contribution in [2.24, 2.45) is 5.73 Å². The largest absolute Gasteiger partial charge is 0.477 e. The van der Waals surface area contributed by atoms with E-state index in [2.05, 4.69) is 4.98 Å². The predicted molar refractivity (Wildman–Crippen MR) is 83.5 cm³/mol. The third-order valence-corrected chi connectivity index (χ3v) is 4.78. The Labute approximate surface area is 130 Å². The molecular formula is C14H17N3O4S. The molecule has 2 heterocycles. The van der Waals surface area contributed by atoms with Gasteiger partial charge in [0.25, 0.3) is 5.56 Å². The van der Waals surface area contributed by atoms with Gasteiger partial charge in [0.05, 0.1) is 5.39 Å². The second-order valence-corrected chi connectivity index (χ2v) is 5.92. The topological polar surface area (TPSA) is 115 Å². The van der Waals surface area contributed by atoms with Gasteiger partial charge in [-0.15, -0.1) is 11.3 Å². The lowest BCUT2D eigenvalue weighted by atomic mass is 10.1. The number of thiophene rings is 1. The van der Waals surface area contributed by atoms with Crippen LogP contribution < -0.4 is 11.3 Å². The monoisotopic (exact) mass is 323 g/mol. The van der Waals surface area contributed by atoms with E-state index in [9.17, 15) is 19.5 Å². The van der Waals surface area contributed by atoms with E-state index in [0.717, 1.165) is 11.3 Å². The summed E-state index contributed by atoms with van der Waals surface area (Å²) in [5, 5.41) is 9.45. The molecule has 2 rings (SSSR count). The normalized spacial score (nSPS) is 12.5. The molecule has 0 saturated heterocycles. The zero-order valence-corrected chi connectivity index (χ0v) is 13.4. The lowest BCUT2D eigenvalue weighted by molar-refractivity contribution is -0.121. The van der Waals surface area contributed by atoms with E-state index in [1.807, 2.05) is 6.92 Å². The molecule has 1 atom stereocenters. The SMILES string of the molecule is CCc1nc2sc(C(=O)O)c(C)c2c(=O)n1C(CC)C(N)=O. The minimum atomic E-state index is -1.09. The van der Waals surface area contributed by atoms with Crippen molar-refractivity contribution in [2.75, 3.05) is 0 Å². The minimum Gasteiger partial charge on any atom is -0.477 e. The van der Waals surface area contributed by atoms with Gasteiger partial charge in [0.2, 0.25) is 5.91 Å². The smallest absolute Gasteiger partial charge is 0.346 e. The van der Waals surface area contributed by atoms with Crippen molar-refractivity contribution in [3.63, 3.8) is 0 Å². The molecule has 0 aromatic carbocycles. The van der Waals surface area contributed by atoms with E-state index in [1.165, 1.54) is 4.57 Å². The van der Waals surface area contributed by atoms with Crippen molar-refractivity contribution >= 4 is 33.4 Å². The first kappa shape index (κ1) is 16.2. The van der Waals surface area contributed by atoms with E-state index in [4.69, 9.17) is 5.73 Å². The first-order chi connectivity index (χ1) is 10.3. The number of nitrogens with two attached hydrogens (primary N) is 1. The summed E-state index contributed by atoms with van der Waals surface area (Å²) in [6.07, 6.45) is 0.804. The standard InChI is InChI=1S/C14H17N3O4S/c1-4-7(11(15)18)17-8(5-2)16-12-9(13(17)19)6(3)10(22-12)14(20)21/h7H,4-5H2,1-3H3,(H2,15,18)(H,20,21). The van der Waals surface area contributed by atoms with E-state index >= 15 is 0 Å². The highest BCUT2D eigenvalue weighted by Crippen LogP contribution is 2.28. The molecule has 0 saturated carbocycles. The molecule has 0 aliphatic rings. The summed E-state index contributed by atoms with van der Waals surface area (Å²) < 4.78 is 1.30. The number of carboxylic acid groups (broad SMARTS) is 1. The number of nitrogens with zero attached hydrogens (tertiary/aromatic N) is 2. The summed E-state index contributed by atoms with van der Waals surface area (Å²) in [6, 6.07) is -0.785. The Morgan fingerprint density at radius 1 is 1.41 bits per heavy atom. The van der Waals surface area contributed by atoms with Gasteiger partial charge in [0.1, 0.15) is 21.6 Å². The number of hydrogen-bond acceptors (Lipinski definition) is 5. The maximum Gasteiger partial charge on any atom is 0.346 e. The summed E-state index contributed by atoms with van der Waals surface area (Å²) in [5.74, 6) is -1.26. The second kappa shape index (κ2) is 5.88. The highest BCUT2D eigenvalue weighted by molar-refractivity contribution is 7.20. The van der Waals surface area contributed by atoms with E-state index < -0.39 is 23.5 Å². The molecule has 2 aromatic rings. The number of aryl methyl sites for hydroxylation is 2. The summed E-state index contributed by atoms with van der Waals surface area (Å²) in [7, 11) is 0. The quantitative estimate of drug-likeness (QED) is 0.864. The van der Waals surface area contributed by atoms with Gasteiger partial charge in [0, 0.05) is 6.42 Å². The fraction of sp³-hybridized carbons (Fsp3) is 0.429. The molecule has 0 fully saturated rings. The highest BCUT2D eigenvalue weighted by Gasteiger charge is 2.25. The Balaban J connectivity index is 2.90. The van der Waals surface area contributed by atoms with Crippen LogP contribution in [0.15, 0.2) is 4.79 Å². The molecule has 0 aliphatic carbocycles. The summed E-state index contributed by atoms with van der Waals surface area (Å²) in [5.41, 5.74) is 5.36. The van der Waals surface area contributed by atoms with Crippen LogP contribution in [0.2, 0.25) is 0 Å². The molecule has 2 aromatic heterocycles. The van der Waals surface area contributed by atoms with Crippen molar-refractivity contribution in [1.82, 2.24) is 9.55 Å². The Bertz CT molecular complexity index is 822. The molecule has 0 aliphatic heterocycles. The maximum atomic E-state index is 12.8. The zero-order chi connectivity index (χ0) is 16.6. The van der Waals surface area contributed by atoms with Crippen molar-refractivity contribution < 1.29 is 14.7 Å². The van der Waals surface area contributed by atoms with E-state index in [0.29, 0.717) is 29.1 Å². The summed E-state index contributed by atoms with van der Waals surface area (Å²) in [6.45, 7) is 5.15. The Morgan fingerprint density at radius 3 is 2.50 bits per heavy atom. The number of aromatic carboxylic acids is 1. The summed E-state index contributed by atoms with van der Waals surface area (Å²) >= 11 is 0.972. The predicted octanol–water partition coefficient (Wildman–Crippen LogP) is 1.46. The molecule has 22 heavy (non-hydrogen) atoms. The number of aromatic nitrogens is 2. The van der Waals surface area contributed by atoms with Gasteiger partial charge in [-0.3, -0.25) is 14.2 Å². The van der Waals surface area contributed by atoms with Gasteiger partial charge in [0.15, 0.2) is 0 Å². The molecule has 0 radical (unpaired) electrons. The number of amides is 1. The van der Waals surface area contributed by atoms with Crippen LogP contribution in [0, 0.1) is 6.92 Å². The van der Waals surface area contributed by atoms with Crippen LogP contribution in [0.1, 0.15) is 47.4 Å². The zero-order valence-electron chi connectivity index (χ0n) is 12.5. The average molecular weight is 323 g/mol. The van der Waals surface area contributed by atoms with Crippen LogP contribution in [0.5, 0.6) is 0 Å². The number of carbonyl (C=O) groups excluding carboxylic acids is 1. The van der Waals surface area contributed by atoms with E-state index in [-0.39, 0.29) is 10.3 Å². The van der Waals surface area contributed by atoms with Gasteiger partial charge in [-0.25, -0.2) is 9.78 Å². The molecular weight excluding hydrogens is 306 g/mol. The molecule has 7 nitrogen and oxygen atoms in total. The average Bonchev–Trinajstić information content (AvgIpc) is 2.78. The second-order valence-electron chi connectivity index (χ2n) is 4.92. The fourth-order valence-electron chi connectivity index (χ4n) is 2.52. The van der Waals surface area contributed by atoms with Crippen molar-refractivity contribution in [2.45, 2.75) is 39.7 Å². The fourth-order valence-corrected chi connectivity index (χ4v) is 3.55. The number of fused-ring (bicyclic) bond motifs is 1. The van der Waals surface area contributed by atoms with Crippen LogP contribution in [0.4, 0.5) is 0 Å². The summed E-state index contributed by atoms with van der Waals surface area (Å²) in [4.78, 5) is 40.5. The van der Waals surface area contributed by atoms with Gasteiger partial charge in [-0.05, 0) is 18.9 Å². The van der Waals surface area contributed by atoms with Crippen LogP contribution in [-0.4, -0.2) is 26.5 Å². The van der Waals surface area contributed by atoms with Gasteiger partial charge in [-0.1, -0.05) is 13.8 Å². The van der Waals surface area contributed by atoms with Crippen LogP contribution in [-0.2, 0) is 11.2 Å². The third-order valence-electron chi connectivity index (χ3n) is 3.61. The molecule has 0 bridgehead atoms. The number of rotatable bonds is 5. The highest BCUT2D eigenvalue weighted by atomic mass is 32.1. The molecule has 0 spiro atoms. The maximum absolute atomic E-state index is 12.8. The van der Waals surface area contributed by atoms with Gasteiger partial charge < -0.3 is 10.8 Å².